The van der Waals surface area contributed by atoms with E-state index in [1.54, 1.807) is 0 Å². The van der Waals surface area contributed by atoms with Gasteiger partial charge >= 0.3 is 0 Å². The van der Waals surface area contributed by atoms with Gasteiger partial charge in [-0.1, -0.05) is 24.3 Å². The van der Waals surface area contributed by atoms with Gasteiger partial charge in [-0.15, -0.1) is 0 Å². The average Bonchev–Trinajstić information content (AvgIpc) is 2.52. The number of rotatable bonds is 3. The molecule has 118 valence electrons. The van der Waals surface area contributed by atoms with Gasteiger partial charge in [0, 0.05) is 31.7 Å². The average molecular weight is 303 g/mol. The number of amides is 2. The quantitative estimate of drug-likeness (QED) is 0.863. The number of hydrogen-bond acceptors (Lipinski definition) is 4. The fourth-order valence-corrected chi connectivity index (χ4v) is 2.83. The number of hydrogen-bond donors (Lipinski definition) is 1. The first-order chi connectivity index (χ1) is 10.6. The molecule has 0 bridgehead atoms. The molecule has 0 saturated carbocycles. The Kier molecular flexibility index (Phi) is 4.40. The lowest BCUT2D eigenvalue weighted by molar-refractivity contribution is -0.143. The minimum atomic E-state index is -0.533. The third-order valence-corrected chi connectivity index (χ3v) is 4.21. The predicted molar refractivity (Wildman–Crippen MR) is 81.1 cm³/mol. The molecule has 3 rings (SSSR count). The van der Waals surface area contributed by atoms with Gasteiger partial charge in [0.25, 0.3) is 0 Å². The number of carbonyl (C=O) groups is 2. The summed E-state index contributed by atoms with van der Waals surface area (Å²) in [6, 6.07) is 7.67. The largest absolute Gasteiger partial charge is 0.344 e. The Morgan fingerprint density at radius 2 is 2.00 bits per heavy atom. The highest BCUT2D eigenvalue weighted by Gasteiger charge is 2.26. The Morgan fingerprint density at radius 3 is 2.77 bits per heavy atom. The SMILES string of the molecule is CN1CCN(C(=O)COC2NC(=O)Cc3ccccc32)CC1. The molecule has 1 atom stereocenters. The Labute approximate surface area is 130 Å². The van der Waals surface area contributed by atoms with Crippen LogP contribution in [0.2, 0.25) is 0 Å². The second kappa shape index (κ2) is 6.46. The van der Waals surface area contributed by atoms with Crippen molar-refractivity contribution in [2.24, 2.45) is 0 Å². The van der Waals surface area contributed by atoms with Gasteiger partial charge in [0.05, 0.1) is 6.42 Å². The van der Waals surface area contributed by atoms with Crippen LogP contribution in [0.3, 0.4) is 0 Å². The molecular weight excluding hydrogens is 282 g/mol. The minimum Gasteiger partial charge on any atom is -0.344 e. The van der Waals surface area contributed by atoms with Gasteiger partial charge < -0.3 is 19.9 Å². The van der Waals surface area contributed by atoms with Crippen molar-refractivity contribution in [3.63, 3.8) is 0 Å². The maximum absolute atomic E-state index is 12.2. The van der Waals surface area contributed by atoms with Crippen molar-refractivity contribution >= 4 is 11.8 Å². The topological polar surface area (TPSA) is 61.9 Å². The Bertz CT molecular complexity index is 568. The van der Waals surface area contributed by atoms with E-state index in [2.05, 4.69) is 10.2 Å². The highest BCUT2D eigenvalue weighted by Crippen LogP contribution is 2.24. The lowest BCUT2D eigenvalue weighted by Crippen LogP contribution is -2.48. The lowest BCUT2D eigenvalue weighted by atomic mass is 9.99. The van der Waals surface area contributed by atoms with Crippen molar-refractivity contribution in [3.8, 4) is 0 Å². The highest BCUT2D eigenvalue weighted by molar-refractivity contribution is 5.81. The summed E-state index contributed by atoms with van der Waals surface area (Å²) in [5.74, 6) is -0.0962. The molecule has 0 radical (unpaired) electrons. The fraction of sp³-hybridized carbons (Fsp3) is 0.500. The molecule has 6 nitrogen and oxygen atoms in total. The molecular formula is C16H21N3O3. The van der Waals surface area contributed by atoms with Crippen LogP contribution in [0.25, 0.3) is 0 Å². The maximum Gasteiger partial charge on any atom is 0.248 e. The number of piperazine rings is 1. The van der Waals surface area contributed by atoms with Crippen molar-refractivity contribution in [3.05, 3.63) is 35.4 Å². The van der Waals surface area contributed by atoms with Crippen molar-refractivity contribution in [1.29, 1.82) is 0 Å². The molecule has 0 aromatic heterocycles. The smallest absolute Gasteiger partial charge is 0.248 e. The van der Waals surface area contributed by atoms with E-state index in [1.165, 1.54) is 0 Å². The number of carbonyl (C=O) groups excluding carboxylic acids is 2. The van der Waals surface area contributed by atoms with Crippen LogP contribution in [0.4, 0.5) is 0 Å². The van der Waals surface area contributed by atoms with Crippen molar-refractivity contribution < 1.29 is 14.3 Å². The van der Waals surface area contributed by atoms with Crippen molar-refractivity contribution in [2.75, 3.05) is 39.8 Å². The number of nitrogens with one attached hydrogen (secondary N) is 1. The van der Waals surface area contributed by atoms with E-state index in [0.29, 0.717) is 6.42 Å². The zero-order valence-corrected chi connectivity index (χ0v) is 12.7. The maximum atomic E-state index is 12.2. The van der Waals surface area contributed by atoms with E-state index in [1.807, 2.05) is 36.2 Å². The molecule has 6 heteroatoms. The van der Waals surface area contributed by atoms with Crippen LogP contribution < -0.4 is 5.32 Å². The number of nitrogens with zero attached hydrogens (tertiary/aromatic N) is 2. The monoisotopic (exact) mass is 303 g/mol. The number of benzene rings is 1. The fourth-order valence-electron chi connectivity index (χ4n) is 2.83. The van der Waals surface area contributed by atoms with Gasteiger partial charge in [-0.3, -0.25) is 9.59 Å². The van der Waals surface area contributed by atoms with Crippen LogP contribution in [-0.4, -0.2) is 61.4 Å². The predicted octanol–water partition coefficient (Wildman–Crippen LogP) is 0.148. The third-order valence-electron chi connectivity index (χ3n) is 4.21. The van der Waals surface area contributed by atoms with Crippen LogP contribution in [0.15, 0.2) is 24.3 Å². The van der Waals surface area contributed by atoms with E-state index in [-0.39, 0.29) is 18.4 Å². The van der Waals surface area contributed by atoms with E-state index < -0.39 is 6.23 Å². The van der Waals surface area contributed by atoms with Crippen LogP contribution in [-0.2, 0) is 20.7 Å². The standard InChI is InChI=1S/C16H21N3O3/c1-18-6-8-19(9-7-18)15(21)11-22-16-13-5-3-2-4-12(13)10-14(20)17-16/h2-5,16H,6-11H2,1H3,(H,17,20). The molecule has 1 aromatic carbocycles. The van der Waals surface area contributed by atoms with Crippen LogP contribution in [0.1, 0.15) is 17.4 Å². The summed E-state index contributed by atoms with van der Waals surface area (Å²) in [7, 11) is 2.05. The Hall–Kier alpha value is -1.92. The van der Waals surface area contributed by atoms with Gasteiger partial charge in [-0.25, -0.2) is 0 Å². The zero-order chi connectivity index (χ0) is 15.5. The molecule has 1 unspecified atom stereocenters. The second-order valence-corrected chi connectivity index (χ2v) is 5.82. The molecule has 1 saturated heterocycles. The third kappa shape index (κ3) is 3.28. The molecule has 2 heterocycles. The summed E-state index contributed by atoms with van der Waals surface area (Å²) < 4.78 is 5.68. The molecule has 1 N–H and O–H groups in total. The zero-order valence-electron chi connectivity index (χ0n) is 12.7. The summed E-state index contributed by atoms with van der Waals surface area (Å²) in [6.07, 6.45) is -0.170. The van der Waals surface area contributed by atoms with Gasteiger partial charge in [0.15, 0.2) is 6.23 Å². The Balaban J connectivity index is 1.59. The van der Waals surface area contributed by atoms with E-state index in [4.69, 9.17) is 4.74 Å². The van der Waals surface area contributed by atoms with Crippen molar-refractivity contribution in [2.45, 2.75) is 12.6 Å². The molecule has 0 spiro atoms. The molecule has 1 aromatic rings. The molecule has 1 fully saturated rings. The van der Waals surface area contributed by atoms with E-state index >= 15 is 0 Å². The summed E-state index contributed by atoms with van der Waals surface area (Å²) in [4.78, 5) is 28.0. The summed E-state index contributed by atoms with van der Waals surface area (Å²) in [5, 5.41) is 2.80. The first-order valence-electron chi connectivity index (χ1n) is 7.58. The van der Waals surface area contributed by atoms with Crippen LogP contribution in [0, 0.1) is 0 Å². The second-order valence-electron chi connectivity index (χ2n) is 5.82. The Morgan fingerprint density at radius 1 is 1.27 bits per heavy atom. The number of fused-ring (bicyclic) bond motifs is 1. The first-order valence-corrected chi connectivity index (χ1v) is 7.58. The number of ether oxygens (including phenoxy) is 1. The molecule has 2 aliphatic rings. The normalized spacial score (nSPS) is 22.1. The molecule has 22 heavy (non-hydrogen) atoms. The van der Waals surface area contributed by atoms with Crippen molar-refractivity contribution in [1.82, 2.24) is 15.1 Å². The van der Waals surface area contributed by atoms with Gasteiger partial charge in [0.1, 0.15) is 6.61 Å². The minimum absolute atomic E-state index is 0.0109. The summed E-state index contributed by atoms with van der Waals surface area (Å²) in [5.41, 5.74) is 1.90. The summed E-state index contributed by atoms with van der Waals surface area (Å²) >= 11 is 0. The van der Waals surface area contributed by atoms with Gasteiger partial charge in [-0.2, -0.15) is 0 Å². The van der Waals surface area contributed by atoms with Gasteiger partial charge in [-0.05, 0) is 12.6 Å². The van der Waals surface area contributed by atoms with Gasteiger partial charge in [0.2, 0.25) is 11.8 Å². The highest BCUT2D eigenvalue weighted by atomic mass is 16.5. The van der Waals surface area contributed by atoms with E-state index in [0.717, 1.165) is 37.3 Å². The first kappa shape index (κ1) is 15.0. The number of likely N-dealkylation sites (N-methyl/N-ethyl adjacent to an activating group) is 1. The van der Waals surface area contributed by atoms with Crippen LogP contribution >= 0.6 is 0 Å². The summed E-state index contributed by atoms with van der Waals surface area (Å²) in [6.45, 7) is 3.21. The molecule has 2 amide bonds. The molecule has 2 aliphatic heterocycles. The lowest BCUT2D eigenvalue weighted by Gasteiger charge is -2.33. The van der Waals surface area contributed by atoms with E-state index in [9.17, 15) is 9.59 Å². The van der Waals surface area contributed by atoms with Crippen LogP contribution in [0.5, 0.6) is 0 Å². The molecule has 0 aliphatic carbocycles.